The number of aromatic nitrogens is 1. The fraction of sp³-hybridized carbons (Fsp3) is 0.353. The molecular weight excluding hydrogens is 264 g/mol. The van der Waals surface area contributed by atoms with Crippen LogP contribution >= 0.6 is 0 Å². The first kappa shape index (κ1) is 13.9. The average Bonchev–Trinajstić information content (AvgIpc) is 2.51. The fourth-order valence-corrected chi connectivity index (χ4v) is 2.89. The van der Waals surface area contributed by atoms with E-state index in [1.165, 1.54) is 11.1 Å². The lowest BCUT2D eigenvalue weighted by atomic mass is 9.77. The molecule has 1 aromatic heterocycles. The normalized spacial score (nSPS) is 16.0. The van der Waals surface area contributed by atoms with Gasteiger partial charge in [0.05, 0.1) is 19.9 Å². The lowest BCUT2D eigenvalue weighted by Gasteiger charge is -2.30. The van der Waals surface area contributed by atoms with Crippen molar-refractivity contribution < 1.29 is 9.47 Å². The zero-order chi connectivity index (χ0) is 14.7. The summed E-state index contributed by atoms with van der Waals surface area (Å²) in [5.41, 5.74) is 3.82. The van der Waals surface area contributed by atoms with Crippen LogP contribution in [-0.2, 0) is 13.0 Å². The molecule has 0 amide bonds. The van der Waals surface area contributed by atoms with Gasteiger partial charge in [0, 0.05) is 31.3 Å². The molecule has 0 aliphatic heterocycles. The van der Waals surface area contributed by atoms with Gasteiger partial charge in [0.15, 0.2) is 11.5 Å². The molecule has 110 valence electrons. The van der Waals surface area contributed by atoms with Gasteiger partial charge in [0.2, 0.25) is 0 Å². The minimum Gasteiger partial charge on any atom is -0.493 e. The van der Waals surface area contributed by atoms with Gasteiger partial charge >= 0.3 is 0 Å². The summed E-state index contributed by atoms with van der Waals surface area (Å²) < 4.78 is 10.7. The highest BCUT2D eigenvalue weighted by atomic mass is 16.5. The second-order valence-electron chi connectivity index (χ2n) is 5.22. The van der Waals surface area contributed by atoms with Crippen molar-refractivity contribution in [3.05, 3.63) is 53.3 Å². The molecule has 21 heavy (non-hydrogen) atoms. The standard InChI is InChI=1S/C17H20N2O2/c1-20-16-7-8-19-15(17(16)21-2)11-18-10-13-9-12-5-3-4-6-14(12)13/h3-8,13,18H,9-11H2,1-2H3. The van der Waals surface area contributed by atoms with Crippen molar-refractivity contribution >= 4 is 0 Å². The van der Waals surface area contributed by atoms with Gasteiger partial charge in [-0.05, 0) is 17.5 Å². The number of benzene rings is 1. The van der Waals surface area contributed by atoms with Crippen LogP contribution in [0.3, 0.4) is 0 Å². The van der Waals surface area contributed by atoms with Crippen LogP contribution < -0.4 is 14.8 Å². The third-order valence-corrected chi connectivity index (χ3v) is 4.01. The summed E-state index contributed by atoms with van der Waals surface area (Å²) in [5, 5.41) is 3.47. The molecular formula is C17H20N2O2. The SMILES string of the molecule is COc1ccnc(CNCC2Cc3ccccc32)c1OC. The van der Waals surface area contributed by atoms with Gasteiger partial charge < -0.3 is 14.8 Å². The molecule has 0 saturated heterocycles. The van der Waals surface area contributed by atoms with Gasteiger partial charge in [-0.2, -0.15) is 0 Å². The maximum Gasteiger partial charge on any atom is 0.183 e. The molecule has 2 aromatic rings. The number of methoxy groups -OCH3 is 2. The second-order valence-corrected chi connectivity index (χ2v) is 5.22. The summed E-state index contributed by atoms with van der Waals surface area (Å²) in [6.45, 7) is 1.64. The Labute approximate surface area is 125 Å². The summed E-state index contributed by atoms with van der Waals surface area (Å²) in [6.07, 6.45) is 2.91. The Balaban J connectivity index is 1.60. The van der Waals surface area contributed by atoms with E-state index in [1.807, 2.05) is 6.07 Å². The fourth-order valence-electron chi connectivity index (χ4n) is 2.89. The largest absolute Gasteiger partial charge is 0.493 e. The Kier molecular flexibility index (Phi) is 4.06. The molecule has 4 heteroatoms. The van der Waals surface area contributed by atoms with E-state index >= 15 is 0 Å². The zero-order valence-corrected chi connectivity index (χ0v) is 12.4. The third kappa shape index (κ3) is 2.72. The molecule has 4 nitrogen and oxygen atoms in total. The number of pyridine rings is 1. The molecule has 0 saturated carbocycles. The minimum absolute atomic E-state index is 0.609. The second kappa shape index (κ2) is 6.14. The average molecular weight is 284 g/mol. The number of rotatable bonds is 6. The van der Waals surface area contributed by atoms with Crippen molar-refractivity contribution in [3.63, 3.8) is 0 Å². The number of hydrogen-bond donors (Lipinski definition) is 1. The minimum atomic E-state index is 0.609. The van der Waals surface area contributed by atoms with Gasteiger partial charge in [-0.1, -0.05) is 24.3 Å². The summed E-state index contributed by atoms with van der Waals surface area (Å²) in [5.74, 6) is 2.04. The summed E-state index contributed by atoms with van der Waals surface area (Å²) in [7, 11) is 3.28. The van der Waals surface area contributed by atoms with Crippen molar-refractivity contribution in [1.82, 2.24) is 10.3 Å². The monoisotopic (exact) mass is 284 g/mol. The van der Waals surface area contributed by atoms with Gasteiger partial charge in [-0.3, -0.25) is 4.98 Å². The highest BCUT2D eigenvalue weighted by molar-refractivity contribution is 5.43. The Morgan fingerprint density at radius 1 is 1.19 bits per heavy atom. The third-order valence-electron chi connectivity index (χ3n) is 4.01. The predicted molar refractivity (Wildman–Crippen MR) is 81.9 cm³/mol. The van der Waals surface area contributed by atoms with E-state index in [-0.39, 0.29) is 0 Å². The van der Waals surface area contributed by atoms with Crippen LogP contribution in [0, 0.1) is 0 Å². The van der Waals surface area contributed by atoms with E-state index in [0.29, 0.717) is 18.2 Å². The van der Waals surface area contributed by atoms with Crippen LogP contribution in [0.15, 0.2) is 36.5 Å². The van der Waals surface area contributed by atoms with Gasteiger partial charge in [-0.15, -0.1) is 0 Å². The van der Waals surface area contributed by atoms with Crippen LogP contribution in [-0.4, -0.2) is 25.7 Å². The summed E-state index contributed by atoms with van der Waals surface area (Å²) >= 11 is 0. The highest BCUT2D eigenvalue weighted by Gasteiger charge is 2.24. The Morgan fingerprint density at radius 3 is 2.81 bits per heavy atom. The van der Waals surface area contributed by atoms with E-state index in [2.05, 4.69) is 34.6 Å². The van der Waals surface area contributed by atoms with Crippen molar-refractivity contribution in [2.75, 3.05) is 20.8 Å². The molecule has 3 rings (SSSR count). The molecule has 1 heterocycles. The molecule has 1 unspecified atom stereocenters. The van der Waals surface area contributed by atoms with Crippen molar-refractivity contribution in [2.24, 2.45) is 0 Å². The first-order valence-electron chi connectivity index (χ1n) is 7.18. The smallest absolute Gasteiger partial charge is 0.183 e. The first-order valence-corrected chi connectivity index (χ1v) is 7.18. The molecule has 1 aromatic carbocycles. The number of fused-ring (bicyclic) bond motifs is 1. The van der Waals surface area contributed by atoms with Crippen molar-refractivity contribution in [1.29, 1.82) is 0 Å². The quantitative estimate of drug-likeness (QED) is 0.885. The molecule has 0 bridgehead atoms. The number of hydrogen-bond acceptors (Lipinski definition) is 4. The van der Waals surface area contributed by atoms with E-state index in [4.69, 9.17) is 9.47 Å². The van der Waals surface area contributed by atoms with E-state index in [0.717, 1.165) is 24.4 Å². The first-order chi connectivity index (χ1) is 10.3. The van der Waals surface area contributed by atoms with Gasteiger partial charge in [0.1, 0.15) is 0 Å². The molecule has 1 aliphatic carbocycles. The Bertz CT molecular complexity index is 628. The number of nitrogens with zero attached hydrogens (tertiary/aromatic N) is 1. The van der Waals surface area contributed by atoms with Gasteiger partial charge in [-0.25, -0.2) is 0 Å². The number of ether oxygens (including phenoxy) is 2. The molecule has 0 spiro atoms. The molecule has 0 radical (unpaired) electrons. The van der Waals surface area contributed by atoms with E-state index in [9.17, 15) is 0 Å². The molecule has 1 aliphatic rings. The van der Waals surface area contributed by atoms with E-state index in [1.54, 1.807) is 20.4 Å². The lowest BCUT2D eigenvalue weighted by molar-refractivity contribution is 0.347. The Morgan fingerprint density at radius 2 is 2.05 bits per heavy atom. The highest BCUT2D eigenvalue weighted by Crippen LogP contribution is 2.34. The maximum absolute atomic E-state index is 5.39. The summed E-state index contributed by atoms with van der Waals surface area (Å²) in [6, 6.07) is 10.4. The summed E-state index contributed by atoms with van der Waals surface area (Å²) in [4.78, 5) is 4.38. The van der Waals surface area contributed by atoms with Crippen molar-refractivity contribution in [3.8, 4) is 11.5 Å². The zero-order valence-electron chi connectivity index (χ0n) is 12.4. The predicted octanol–water partition coefficient (Wildman–Crippen LogP) is 2.53. The maximum atomic E-state index is 5.39. The molecule has 0 fully saturated rings. The molecule has 1 N–H and O–H groups in total. The van der Waals surface area contributed by atoms with Crippen LogP contribution in [0.4, 0.5) is 0 Å². The topological polar surface area (TPSA) is 43.4 Å². The van der Waals surface area contributed by atoms with Crippen LogP contribution in [0.25, 0.3) is 0 Å². The molecule has 1 atom stereocenters. The van der Waals surface area contributed by atoms with Gasteiger partial charge in [0.25, 0.3) is 0 Å². The van der Waals surface area contributed by atoms with Crippen LogP contribution in [0.1, 0.15) is 22.7 Å². The van der Waals surface area contributed by atoms with Crippen LogP contribution in [0.2, 0.25) is 0 Å². The number of nitrogens with one attached hydrogen (secondary N) is 1. The van der Waals surface area contributed by atoms with Crippen molar-refractivity contribution in [2.45, 2.75) is 18.9 Å². The Hall–Kier alpha value is -2.07. The van der Waals surface area contributed by atoms with E-state index < -0.39 is 0 Å². The lowest BCUT2D eigenvalue weighted by Crippen LogP contribution is -2.29. The van der Waals surface area contributed by atoms with Crippen LogP contribution in [0.5, 0.6) is 11.5 Å².